The summed E-state index contributed by atoms with van der Waals surface area (Å²) in [5.74, 6) is 3.19. The van der Waals surface area contributed by atoms with Crippen molar-refractivity contribution < 1.29 is 9.21 Å². The van der Waals surface area contributed by atoms with Gasteiger partial charge in [-0.25, -0.2) is 0 Å². The van der Waals surface area contributed by atoms with Crippen molar-refractivity contribution in [2.24, 2.45) is 23.2 Å². The van der Waals surface area contributed by atoms with Crippen molar-refractivity contribution in [3.63, 3.8) is 0 Å². The van der Waals surface area contributed by atoms with Gasteiger partial charge in [0.1, 0.15) is 0 Å². The van der Waals surface area contributed by atoms with Crippen LogP contribution >= 0.6 is 23.4 Å². The minimum Gasteiger partial charge on any atom is -0.411 e. The van der Waals surface area contributed by atoms with E-state index in [0.29, 0.717) is 21.9 Å². The Labute approximate surface area is 168 Å². The molecule has 0 spiro atoms. The summed E-state index contributed by atoms with van der Waals surface area (Å²) in [5, 5.41) is 9.25. The summed E-state index contributed by atoms with van der Waals surface area (Å²) >= 11 is 7.33. The Morgan fingerprint density at radius 1 is 1.11 bits per heavy atom. The lowest BCUT2D eigenvalue weighted by molar-refractivity contribution is -0.143. The Balaban J connectivity index is 1.30. The molecule has 4 fully saturated rings. The van der Waals surface area contributed by atoms with Crippen LogP contribution in [0.3, 0.4) is 0 Å². The van der Waals surface area contributed by atoms with Crippen LogP contribution in [0.1, 0.15) is 45.4 Å². The molecule has 4 saturated carbocycles. The summed E-state index contributed by atoms with van der Waals surface area (Å²) in [6.07, 6.45) is 7.35. The standard InChI is InChI=1S/C21H23ClN2O2S/c1-12(18(25)21-9-13-6-14(10-21)8-15(7-13)11-21)27-20-24-23-19(26-20)16-2-4-17(22)5-3-16/h2-5,12-15H,6-11H2,1H3. The number of carbonyl (C=O) groups excluding carboxylic acids is 1. The van der Waals surface area contributed by atoms with Crippen molar-refractivity contribution in [3.05, 3.63) is 29.3 Å². The number of Topliss-reactive ketones (excluding diaryl/α,β-unsaturated/α-hetero) is 1. The topological polar surface area (TPSA) is 56.0 Å². The van der Waals surface area contributed by atoms with E-state index in [4.69, 9.17) is 16.0 Å². The number of hydrogen-bond donors (Lipinski definition) is 0. The van der Waals surface area contributed by atoms with E-state index < -0.39 is 0 Å². The molecular formula is C21H23ClN2O2S. The van der Waals surface area contributed by atoms with E-state index in [9.17, 15) is 4.79 Å². The SMILES string of the molecule is CC(Sc1nnc(-c2ccc(Cl)cc2)o1)C(=O)C12CC3CC(CC(C3)C1)C2. The minimum atomic E-state index is -0.153. The summed E-state index contributed by atoms with van der Waals surface area (Å²) in [7, 11) is 0. The van der Waals surface area contributed by atoms with Gasteiger partial charge in [-0.2, -0.15) is 0 Å². The number of benzene rings is 1. The van der Waals surface area contributed by atoms with Gasteiger partial charge in [0.25, 0.3) is 5.22 Å². The van der Waals surface area contributed by atoms with Gasteiger partial charge in [-0.1, -0.05) is 23.4 Å². The van der Waals surface area contributed by atoms with Crippen LogP contribution in [0.4, 0.5) is 0 Å². The van der Waals surface area contributed by atoms with Crippen LogP contribution in [0.5, 0.6) is 0 Å². The molecule has 0 amide bonds. The van der Waals surface area contributed by atoms with Crippen LogP contribution < -0.4 is 0 Å². The van der Waals surface area contributed by atoms with Gasteiger partial charge in [0.2, 0.25) is 5.89 Å². The molecule has 4 aliphatic rings. The first kappa shape index (κ1) is 17.7. The van der Waals surface area contributed by atoms with Gasteiger partial charge < -0.3 is 4.42 Å². The Morgan fingerprint density at radius 3 is 2.30 bits per heavy atom. The molecule has 27 heavy (non-hydrogen) atoms. The molecule has 0 saturated heterocycles. The quantitative estimate of drug-likeness (QED) is 0.604. The van der Waals surface area contributed by atoms with E-state index in [1.54, 1.807) is 12.1 Å². The Hall–Kier alpha value is -1.33. The largest absolute Gasteiger partial charge is 0.411 e. The van der Waals surface area contributed by atoms with Crippen LogP contribution in [-0.4, -0.2) is 21.2 Å². The molecule has 4 bridgehead atoms. The fraction of sp³-hybridized carbons (Fsp3) is 0.571. The van der Waals surface area contributed by atoms with E-state index in [2.05, 4.69) is 10.2 Å². The molecule has 1 unspecified atom stereocenters. The normalized spacial score (nSPS) is 32.6. The predicted octanol–water partition coefficient (Wildman–Crippen LogP) is 5.66. The van der Waals surface area contributed by atoms with E-state index in [1.807, 2.05) is 19.1 Å². The number of ketones is 1. The molecular weight excluding hydrogens is 380 g/mol. The van der Waals surface area contributed by atoms with Crippen LogP contribution in [-0.2, 0) is 4.79 Å². The zero-order valence-electron chi connectivity index (χ0n) is 15.4. The average molecular weight is 403 g/mol. The summed E-state index contributed by atoms with van der Waals surface area (Å²) in [4.78, 5) is 13.4. The third kappa shape index (κ3) is 3.23. The lowest BCUT2D eigenvalue weighted by Crippen LogP contribution is -2.51. The number of nitrogens with zero attached hydrogens (tertiary/aromatic N) is 2. The monoisotopic (exact) mass is 402 g/mol. The molecule has 0 radical (unpaired) electrons. The Morgan fingerprint density at radius 2 is 1.70 bits per heavy atom. The van der Waals surface area contributed by atoms with Crippen LogP contribution in [0.2, 0.25) is 5.02 Å². The van der Waals surface area contributed by atoms with Crippen molar-refractivity contribution in [3.8, 4) is 11.5 Å². The maximum atomic E-state index is 13.4. The third-order valence-electron chi connectivity index (χ3n) is 6.71. The van der Waals surface area contributed by atoms with Gasteiger partial charge in [0, 0.05) is 16.0 Å². The number of hydrogen-bond acceptors (Lipinski definition) is 5. The first-order valence-electron chi connectivity index (χ1n) is 9.81. The number of aromatic nitrogens is 2. The second-order valence-corrected chi connectivity index (χ2v) is 10.4. The fourth-order valence-electron chi connectivity index (χ4n) is 6.01. The van der Waals surface area contributed by atoms with Gasteiger partial charge in [0.15, 0.2) is 5.78 Å². The molecule has 0 aliphatic heterocycles. The van der Waals surface area contributed by atoms with Crippen molar-refractivity contribution in [2.75, 3.05) is 0 Å². The second-order valence-electron chi connectivity index (χ2n) is 8.70. The maximum absolute atomic E-state index is 13.4. The molecule has 142 valence electrons. The lowest BCUT2D eigenvalue weighted by atomic mass is 9.48. The van der Waals surface area contributed by atoms with Crippen molar-refractivity contribution in [1.82, 2.24) is 10.2 Å². The van der Waals surface area contributed by atoms with Crippen molar-refractivity contribution in [2.45, 2.75) is 55.9 Å². The Kier molecular flexibility index (Phi) is 4.36. The predicted molar refractivity (Wildman–Crippen MR) is 106 cm³/mol. The van der Waals surface area contributed by atoms with Gasteiger partial charge in [-0.3, -0.25) is 4.79 Å². The zero-order valence-corrected chi connectivity index (χ0v) is 16.9. The molecule has 0 N–H and O–H groups in total. The highest BCUT2D eigenvalue weighted by Crippen LogP contribution is 2.61. The minimum absolute atomic E-state index is 0.0831. The van der Waals surface area contributed by atoms with Gasteiger partial charge >= 0.3 is 0 Å². The molecule has 6 heteroatoms. The number of thioether (sulfide) groups is 1. The number of halogens is 1. The molecule has 1 atom stereocenters. The average Bonchev–Trinajstić information content (AvgIpc) is 3.09. The van der Waals surface area contributed by atoms with Gasteiger partial charge in [-0.05, 0) is 87.5 Å². The number of rotatable bonds is 5. The fourth-order valence-corrected chi connectivity index (χ4v) is 7.02. The number of carbonyl (C=O) groups is 1. The molecule has 1 heterocycles. The molecule has 6 rings (SSSR count). The molecule has 1 aromatic carbocycles. The summed E-state index contributed by atoms with van der Waals surface area (Å²) in [6, 6.07) is 7.31. The molecule has 2 aromatic rings. The summed E-state index contributed by atoms with van der Waals surface area (Å²) < 4.78 is 5.79. The highest BCUT2D eigenvalue weighted by Gasteiger charge is 2.55. The highest BCUT2D eigenvalue weighted by molar-refractivity contribution is 8.00. The van der Waals surface area contributed by atoms with Crippen molar-refractivity contribution >= 4 is 29.1 Å². The maximum Gasteiger partial charge on any atom is 0.277 e. The van der Waals surface area contributed by atoms with Crippen LogP contribution in [0, 0.1) is 23.2 Å². The molecule has 4 nitrogen and oxygen atoms in total. The first-order valence-corrected chi connectivity index (χ1v) is 11.1. The van der Waals surface area contributed by atoms with Gasteiger partial charge in [-0.15, -0.1) is 10.2 Å². The summed E-state index contributed by atoms with van der Waals surface area (Å²) in [5.41, 5.74) is 0.749. The van der Waals surface area contributed by atoms with Crippen LogP contribution in [0.15, 0.2) is 33.9 Å². The highest BCUT2D eigenvalue weighted by atomic mass is 35.5. The van der Waals surface area contributed by atoms with E-state index in [0.717, 1.165) is 42.6 Å². The summed E-state index contributed by atoms with van der Waals surface area (Å²) in [6.45, 7) is 2.00. The smallest absolute Gasteiger partial charge is 0.277 e. The first-order chi connectivity index (χ1) is 13.0. The molecule has 4 aliphatic carbocycles. The lowest BCUT2D eigenvalue weighted by Gasteiger charge is -2.56. The Bertz CT molecular complexity index is 828. The van der Waals surface area contributed by atoms with E-state index in [-0.39, 0.29) is 10.7 Å². The van der Waals surface area contributed by atoms with E-state index >= 15 is 0 Å². The second kappa shape index (κ2) is 6.63. The van der Waals surface area contributed by atoms with Crippen molar-refractivity contribution in [1.29, 1.82) is 0 Å². The molecule has 1 aromatic heterocycles. The third-order valence-corrected chi connectivity index (χ3v) is 7.89. The van der Waals surface area contributed by atoms with E-state index in [1.165, 1.54) is 31.0 Å². The van der Waals surface area contributed by atoms with Gasteiger partial charge in [0.05, 0.1) is 5.25 Å². The van der Waals surface area contributed by atoms with Crippen LogP contribution in [0.25, 0.3) is 11.5 Å². The zero-order chi connectivity index (χ0) is 18.6.